The number of anilines is 1. The van der Waals surface area contributed by atoms with Gasteiger partial charge in [0.1, 0.15) is 0 Å². The van der Waals surface area contributed by atoms with Crippen LogP contribution in [0.1, 0.15) is 4.88 Å². The summed E-state index contributed by atoms with van der Waals surface area (Å²) in [6.45, 7) is -3.00. The molecule has 0 aliphatic rings. The van der Waals surface area contributed by atoms with Gasteiger partial charge >= 0.3 is 6.61 Å². The summed E-state index contributed by atoms with van der Waals surface area (Å²) in [5.41, 5.74) is 0.295. The first-order valence-corrected chi connectivity index (χ1v) is 8.96. The summed E-state index contributed by atoms with van der Waals surface area (Å²) in [4.78, 5) is 12.9. The Morgan fingerprint density at radius 1 is 1.22 bits per heavy atom. The highest BCUT2D eigenvalue weighted by atomic mass is 35.5. The van der Waals surface area contributed by atoms with Gasteiger partial charge in [0.05, 0.1) is 12.1 Å². The molecule has 1 amide bonds. The van der Waals surface area contributed by atoms with Crippen LogP contribution in [0, 0.1) is 0 Å². The van der Waals surface area contributed by atoms with Gasteiger partial charge < -0.3 is 14.8 Å². The molecule has 0 bridgehead atoms. The van der Waals surface area contributed by atoms with Crippen LogP contribution in [0.5, 0.6) is 11.5 Å². The summed E-state index contributed by atoms with van der Waals surface area (Å²) in [7, 11) is 1.34. The predicted octanol–water partition coefficient (Wildman–Crippen LogP) is 5.82. The Morgan fingerprint density at radius 3 is 2.70 bits per heavy atom. The number of hydrogen-bond donors (Lipinski definition) is 1. The highest BCUT2D eigenvalue weighted by Crippen LogP contribution is 2.36. The number of halogens is 3. The van der Waals surface area contributed by atoms with Crippen LogP contribution in [-0.2, 0) is 4.79 Å². The molecule has 1 N–H and O–H groups in total. The molecule has 3 rings (SSSR count). The lowest BCUT2D eigenvalue weighted by atomic mass is 10.2. The number of ether oxygens (including phenoxy) is 2. The van der Waals surface area contributed by atoms with Crippen LogP contribution in [0.25, 0.3) is 16.2 Å². The lowest BCUT2D eigenvalue weighted by Crippen LogP contribution is -2.09. The molecule has 0 aliphatic heterocycles. The van der Waals surface area contributed by atoms with Crippen molar-refractivity contribution in [2.45, 2.75) is 6.61 Å². The number of alkyl halides is 2. The summed E-state index contributed by atoms with van der Waals surface area (Å²) in [6, 6.07) is 11.9. The van der Waals surface area contributed by atoms with E-state index in [2.05, 4.69) is 10.1 Å². The van der Waals surface area contributed by atoms with Crippen LogP contribution in [0.15, 0.2) is 48.5 Å². The topological polar surface area (TPSA) is 47.6 Å². The van der Waals surface area contributed by atoms with Crippen molar-refractivity contribution in [2.75, 3.05) is 12.4 Å². The Hall–Kier alpha value is -2.64. The minimum Gasteiger partial charge on any atom is -0.493 e. The fraction of sp³-hybridized carbons (Fsp3) is 0.105. The van der Waals surface area contributed by atoms with Gasteiger partial charge in [-0.15, -0.1) is 11.3 Å². The summed E-state index contributed by atoms with van der Waals surface area (Å²) in [5, 5.41) is 4.09. The van der Waals surface area contributed by atoms with E-state index in [9.17, 15) is 13.6 Å². The third-order valence-corrected chi connectivity index (χ3v) is 5.25. The Morgan fingerprint density at radius 2 is 2.00 bits per heavy atom. The molecule has 8 heteroatoms. The number of nitrogens with one attached hydrogen (secondary N) is 1. The second-order valence-electron chi connectivity index (χ2n) is 5.34. The summed E-state index contributed by atoms with van der Waals surface area (Å²) in [6.07, 6.45) is 2.94. The molecule has 27 heavy (non-hydrogen) atoms. The number of amides is 1. The summed E-state index contributed by atoms with van der Waals surface area (Å²) >= 11 is 7.80. The third kappa shape index (κ3) is 4.56. The Labute approximate surface area is 163 Å². The lowest BCUT2D eigenvalue weighted by Gasteiger charge is -2.11. The molecule has 0 fully saturated rings. The van der Waals surface area contributed by atoms with E-state index >= 15 is 0 Å². The maximum absolute atomic E-state index is 12.5. The molecule has 0 radical (unpaired) electrons. The van der Waals surface area contributed by atoms with Crippen molar-refractivity contribution >= 4 is 50.7 Å². The van der Waals surface area contributed by atoms with Gasteiger partial charge in [-0.2, -0.15) is 8.78 Å². The van der Waals surface area contributed by atoms with Crippen molar-refractivity contribution in [3.05, 3.63) is 58.4 Å². The first kappa shape index (κ1) is 19.1. The van der Waals surface area contributed by atoms with Crippen molar-refractivity contribution in [1.82, 2.24) is 0 Å². The van der Waals surface area contributed by atoms with Gasteiger partial charge in [-0.3, -0.25) is 4.79 Å². The largest absolute Gasteiger partial charge is 0.493 e. The number of fused-ring (bicyclic) bond motifs is 1. The lowest BCUT2D eigenvalue weighted by molar-refractivity contribution is -0.111. The standard InChI is InChI=1S/C19H14ClF2NO3S/c1-25-13-7-6-11(10-14(13)26-19(21)22)23-17(24)9-8-16-18(20)12-4-2-3-5-15(12)27-16/h2-10,19H,1H3,(H,23,24)/b9-8+. The predicted molar refractivity (Wildman–Crippen MR) is 104 cm³/mol. The van der Waals surface area contributed by atoms with Crippen LogP contribution in [0.2, 0.25) is 5.02 Å². The van der Waals surface area contributed by atoms with Crippen LogP contribution >= 0.6 is 22.9 Å². The van der Waals surface area contributed by atoms with Crippen LogP contribution in [0.3, 0.4) is 0 Å². The summed E-state index contributed by atoms with van der Waals surface area (Å²) < 4.78 is 35.3. The second kappa shape index (κ2) is 8.37. The first-order chi connectivity index (χ1) is 13.0. The maximum atomic E-state index is 12.5. The molecular weight excluding hydrogens is 396 g/mol. The van der Waals surface area contributed by atoms with Crippen LogP contribution in [0.4, 0.5) is 14.5 Å². The van der Waals surface area contributed by atoms with Gasteiger partial charge in [-0.05, 0) is 24.3 Å². The molecule has 4 nitrogen and oxygen atoms in total. The van der Waals surface area contributed by atoms with Crippen molar-refractivity contribution in [3.63, 3.8) is 0 Å². The molecule has 1 heterocycles. The van der Waals surface area contributed by atoms with E-state index in [0.717, 1.165) is 15.0 Å². The van der Waals surface area contributed by atoms with Gasteiger partial charge in [0.15, 0.2) is 11.5 Å². The number of benzene rings is 2. The molecule has 0 unspecified atom stereocenters. The smallest absolute Gasteiger partial charge is 0.387 e. The molecule has 2 aromatic carbocycles. The second-order valence-corrected chi connectivity index (χ2v) is 6.80. The molecule has 1 aromatic heterocycles. The minimum absolute atomic E-state index is 0.140. The van der Waals surface area contributed by atoms with Crippen molar-refractivity contribution in [3.8, 4) is 11.5 Å². The maximum Gasteiger partial charge on any atom is 0.387 e. The number of hydrogen-bond acceptors (Lipinski definition) is 4. The molecule has 0 atom stereocenters. The molecule has 0 saturated carbocycles. The number of carbonyl (C=O) groups is 1. The Balaban J connectivity index is 1.75. The molecule has 0 saturated heterocycles. The molecule has 140 valence electrons. The van der Waals surface area contributed by atoms with E-state index in [-0.39, 0.29) is 11.5 Å². The zero-order valence-electron chi connectivity index (χ0n) is 14.0. The first-order valence-electron chi connectivity index (χ1n) is 7.77. The van der Waals surface area contributed by atoms with E-state index in [1.165, 1.54) is 42.7 Å². The highest BCUT2D eigenvalue weighted by molar-refractivity contribution is 7.20. The third-order valence-electron chi connectivity index (χ3n) is 3.59. The van der Waals surface area contributed by atoms with Crippen molar-refractivity contribution in [1.29, 1.82) is 0 Å². The number of rotatable bonds is 6. The van der Waals surface area contributed by atoms with Gasteiger partial charge in [0.2, 0.25) is 5.91 Å². The van der Waals surface area contributed by atoms with Crippen molar-refractivity contribution in [2.24, 2.45) is 0 Å². The molecule has 0 aliphatic carbocycles. The van der Waals surface area contributed by atoms with E-state index in [1.807, 2.05) is 24.3 Å². The normalized spacial score (nSPS) is 11.3. The monoisotopic (exact) mass is 409 g/mol. The fourth-order valence-corrected chi connectivity index (χ4v) is 3.82. The Bertz CT molecular complexity index is 1000. The van der Waals surface area contributed by atoms with Crippen LogP contribution in [-0.4, -0.2) is 19.6 Å². The average Bonchev–Trinajstić information content (AvgIpc) is 2.96. The quantitative estimate of drug-likeness (QED) is 0.522. The molecular formula is C19H14ClF2NO3S. The molecule has 0 spiro atoms. The van der Waals surface area contributed by atoms with Gasteiger partial charge in [-0.1, -0.05) is 29.8 Å². The number of methoxy groups -OCH3 is 1. The summed E-state index contributed by atoms with van der Waals surface area (Å²) in [5.74, 6) is -0.459. The average molecular weight is 410 g/mol. The minimum atomic E-state index is -3.00. The molecule has 3 aromatic rings. The van der Waals surface area contributed by atoms with E-state index < -0.39 is 12.5 Å². The van der Waals surface area contributed by atoms with Crippen molar-refractivity contribution < 1.29 is 23.0 Å². The van der Waals surface area contributed by atoms with Crippen LogP contribution < -0.4 is 14.8 Å². The zero-order chi connectivity index (χ0) is 19.4. The van der Waals surface area contributed by atoms with E-state index in [0.29, 0.717) is 10.7 Å². The number of carbonyl (C=O) groups excluding carboxylic acids is 1. The van der Waals surface area contributed by atoms with Gasteiger partial charge in [0, 0.05) is 32.8 Å². The van der Waals surface area contributed by atoms with Gasteiger partial charge in [-0.25, -0.2) is 0 Å². The van der Waals surface area contributed by atoms with Gasteiger partial charge in [0.25, 0.3) is 0 Å². The van der Waals surface area contributed by atoms with E-state index in [4.69, 9.17) is 16.3 Å². The Kier molecular flexibility index (Phi) is 5.93. The fourth-order valence-electron chi connectivity index (χ4n) is 2.42. The van der Waals surface area contributed by atoms with E-state index in [1.54, 1.807) is 6.08 Å². The number of thiophene rings is 1. The SMILES string of the molecule is COc1ccc(NC(=O)/C=C/c2sc3ccccc3c2Cl)cc1OC(F)F. The zero-order valence-corrected chi connectivity index (χ0v) is 15.6. The highest BCUT2D eigenvalue weighted by Gasteiger charge is 2.12.